The number of alkyl halides is 3. The summed E-state index contributed by atoms with van der Waals surface area (Å²) in [6.45, 7) is 0.969. The van der Waals surface area contributed by atoms with E-state index in [0.717, 1.165) is 23.9 Å². The maximum absolute atomic E-state index is 12.9. The molecule has 0 unspecified atom stereocenters. The number of nitrogens with zero attached hydrogens (tertiary/aromatic N) is 2. The topological polar surface area (TPSA) is 85.3 Å². The fraction of sp³-hybridized carbons (Fsp3) is 0.227. The number of rotatable bonds is 7. The average molecular weight is 476 g/mol. The monoisotopic (exact) mass is 476 g/mol. The number of aromatic nitrogens is 2. The number of benzene rings is 2. The molecule has 1 atom stereocenters. The largest absolute Gasteiger partial charge is 0.492 e. The summed E-state index contributed by atoms with van der Waals surface area (Å²) in [4.78, 5) is 25.3. The highest BCUT2D eigenvalue weighted by Crippen LogP contribution is 2.40. The van der Waals surface area contributed by atoms with Crippen molar-refractivity contribution >= 4 is 35.0 Å². The Bertz CT molecular complexity index is 1150. The first kappa shape index (κ1) is 22.7. The molecule has 0 saturated carbocycles. The lowest BCUT2D eigenvalue weighted by Crippen LogP contribution is -2.32. The number of carbonyl (C=O) groups excluding carboxylic acids is 2. The fourth-order valence-electron chi connectivity index (χ4n) is 3.19. The van der Waals surface area contributed by atoms with Gasteiger partial charge in [0.05, 0.1) is 23.0 Å². The van der Waals surface area contributed by atoms with Crippen molar-refractivity contribution in [2.45, 2.75) is 29.3 Å². The summed E-state index contributed by atoms with van der Waals surface area (Å²) in [7, 11) is 0. The number of fused-ring (bicyclic) bond motifs is 1. The van der Waals surface area contributed by atoms with Crippen LogP contribution in [0.4, 0.5) is 24.5 Å². The predicted molar refractivity (Wildman–Crippen MR) is 117 cm³/mol. The van der Waals surface area contributed by atoms with Crippen molar-refractivity contribution in [1.29, 1.82) is 0 Å². The van der Waals surface area contributed by atoms with Crippen LogP contribution in [-0.4, -0.2) is 33.5 Å². The molecule has 3 aromatic rings. The van der Waals surface area contributed by atoms with E-state index in [0.29, 0.717) is 29.5 Å². The van der Waals surface area contributed by atoms with E-state index < -0.39 is 28.8 Å². The number of nitrogens with one attached hydrogen (secondary N) is 2. The van der Waals surface area contributed by atoms with Crippen LogP contribution >= 0.6 is 11.8 Å². The lowest BCUT2D eigenvalue weighted by Gasteiger charge is -2.24. The first-order valence-electron chi connectivity index (χ1n) is 9.97. The van der Waals surface area contributed by atoms with Gasteiger partial charge in [-0.25, -0.2) is 0 Å². The third kappa shape index (κ3) is 5.86. The molecule has 0 aliphatic carbocycles. The second-order valence-electron chi connectivity index (χ2n) is 7.20. The van der Waals surface area contributed by atoms with Gasteiger partial charge >= 0.3 is 6.18 Å². The molecule has 2 aromatic carbocycles. The summed E-state index contributed by atoms with van der Waals surface area (Å²) in [5.74, 6) is -0.344. The van der Waals surface area contributed by atoms with Gasteiger partial charge in [-0.05, 0) is 36.4 Å². The molecule has 1 aliphatic heterocycles. The van der Waals surface area contributed by atoms with Crippen LogP contribution in [0.3, 0.4) is 0 Å². The van der Waals surface area contributed by atoms with Crippen LogP contribution in [0.5, 0.6) is 5.75 Å². The van der Waals surface area contributed by atoms with Gasteiger partial charge in [-0.2, -0.15) is 18.3 Å². The average Bonchev–Trinajstić information content (AvgIpc) is 3.27. The highest BCUT2D eigenvalue weighted by Gasteiger charge is 2.34. The molecule has 7 nitrogen and oxygen atoms in total. The quantitative estimate of drug-likeness (QED) is 0.527. The molecule has 1 aromatic heterocycles. The van der Waals surface area contributed by atoms with Gasteiger partial charge in [0.2, 0.25) is 11.8 Å². The van der Waals surface area contributed by atoms with Crippen molar-refractivity contribution in [3.8, 4) is 5.75 Å². The van der Waals surface area contributed by atoms with Crippen LogP contribution < -0.4 is 15.4 Å². The van der Waals surface area contributed by atoms with Crippen LogP contribution in [0.2, 0.25) is 0 Å². The Morgan fingerprint density at radius 3 is 2.82 bits per heavy atom. The third-order valence-electron chi connectivity index (χ3n) is 4.76. The number of halogens is 3. The van der Waals surface area contributed by atoms with Gasteiger partial charge in [0, 0.05) is 35.5 Å². The van der Waals surface area contributed by atoms with Crippen molar-refractivity contribution in [3.63, 3.8) is 0 Å². The maximum atomic E-state index is 12.9. The second kappa shape index (κ2) is 9.57. The minimum atomic E-state index is -4.50. The Morgan fingerprint density at radius 2 is 2.06 bits per heavy atom. The molecular weight excluding hydrogens is 457 g/mol. The molecule has 0 bridgehead atoms. The summed E-state index contributed by atoms with van der Waals surface area (Å²) in [6, 6.07) is 11.8. The van der Waals surface area contributed by atoms with E-state index in [1.165, 1.54) is 6.07 Å². The standard InChI is InChI=1S/C22H19F3N4O3S/c23-22(24,25)14-5-6-18-17(11-14)28-21(31)19(33-18)13-20(30)27-15-3-1-4-16(12-15)32-10-9-29-8-2-7-26-29/h1-8,11-12,19H,9-10,13H2,(H,27,30)(H,28,31)/t19-/m0/s1. The molecule has 4 rings (SSSR count). The van der Waals surface area contributed by atoms with Gasteiger partial charge in [0.15, 0.2) is 0 Å². The number of hydrogen-bond acceptors (Lipinski definition) is 5. The molecular formula is C22H19F3N4O3S. The van der Waals surface area contributed by atoms with E-state index >= 15 is 0 Å². The van der Waals surface area contributed by atoms with Crippen molar-refractivity contribution in [1.82, 2.24) is 9.78 Å². The Morgan fingerprint density at radius 1 is 1.21 bits per heavy atom. The van der Waals surface area contributed by atoms with E-state index in [1.54, 1.807) is 35.1 Å². The van der Waals surface area contributed by atoms with Gasteiger partial charge in [0.1, 0.15) is 12.4 Å². The minimum absolute atomic E-state index is 0.0939. The van der Waals surface area contributed by atoms with Crippen molar-refractivity contribution in [2.75, 3.05) is 17.2 Å². The van der Waals surface area contributed by atoms with Crippen molar-refractivity contribution in [3.05, 3.63) is 66.5 Å². The number of amides is 2. The minimum Gasteiger partial charge on any atom is -0.492 e. The fourth-order valence-corrected chi connectivity index (χ4v) is 4.29. The van der Waals surface area contributed by atoms with Gasteiger partial charge in [-0.3, -0.25) is 14.3 Å². The second-order valence-corrected chi connectivity index (χ2v) is 8.45. The molecule has 0 fully saturated rings. The molecule has 33 heavy (non-hydrogen) atoms. The van der Waals surface area contributed by atoms with E-state index in [-0.39, 0.29) is 12.1 Å². The van der Waals surface area contributed by atoms with E-state index in [1.807, 2.05) is 12.3 Å². The smallest absolute Gasteiger partial charge is 0.416 e. The zero-order valence-corrected chi connectivity index (χ0v) is 17.9. The molecule has 0 saturated heterocycles. The van der Waals surface area contributed by atoms with Gasteiger partial charge in [-0.1, -0.05) is 6.07 Å². The van der Waals surface area contributed by atoms with E-state index in [2.05, 4.69) is 15.7 Å². The van der Waals surface area contributed by atoms with Crippen LogP contribution in [0, 0.1) is 0 Å². The number of thioether (sulfide) groups is 1. The van der Waals surface area contributed by atoms with Gasteiger partial charge in [0.25, 0.3) is 0 Å². The van der Waals surface area contributed by atoms with Crippen LogP contribution in [0.15, 0.2) is 65.8 Å². The van der Waals surface area contributed by atoms with Gasteiger partial charge in [-0.15, -0.1) is 11.8 Å². The summed E-state index contributed by atoms with van der Waals surface area (Å²) in [6.07, 6.45) is -1.13. The molecule has 2 heterocycles. The molecule has 2 N–H and O–H groups in total. The van der Waals surface area contributed by atoms with Crippen LogP contribution in [0.1, 0.15) is 12.0 Å². The lowest BCUT2D eigenvalue weighted by molar-refractivity contribution is -0.137. The first-order chi connectivity index (χ1) is 15.8. The molecule has 0 radical (unpaired) electrons. The highest BCUT2D eigenvalue weighted by atomic mass is 32.2. The van der Waals surface area contributed by atoms with Crippen LogP contribution in [0.25, 0.3) is 0 Å². The normalized spacial score (nSPS) is 15.5. The maximum Gasteiger partial charge on any atom is 0.416 e. The van der Waals surface area contributed by atoms with Crippen molar-refractivity contribution < 1.29 is 27.5 Å². The van der Waals surface area contributed by atoms with Crippen LogP contribution in [-0.2, 0) is 22.3 Å². The first-order valence-corrected chi connectivity index (χ1v) is 10.8. The lowest BCUT2D eigenvalue weighted by atomic mass is 10.1. The Labute approximate surface area is 191 Å². The summed E-state index contributed by atoms with van der Waals surface area (Å²) in [5, 5.41) is 8.53. The zero-order chi connectivity index (χ0) is 23.4. The Hall–Kier alpha value is -3.47. The molecule has 11 heteroatoms. The summed E-state index contributed by atoms with van der Waals surface area (Å²) >= 11 is 1.06. The zero-order valence-electron chi connectivity index (χ0n) is 17.1. The Balaban J connectivity index is 1.33. The summed E-state index contributed by atoms with van der Waals surface area (Å²) in [5.41, 5.74) is -0.241. The van der Waals surface area contributed by atoms with Gasteiger partial charge < -0.3 is 15.4 Å². The number of hydrogen-bond donors (Lipinski definition) is 2. The molecule has 172 valence electrons. The predicted octanol–water partition coefficient (Wildman–Crippen LogP) is 4.42. The third-order valence-corrected chi connectivity index (χ3v) is 6.04. The number of anilines is 2. The number of carbonyl (C=O) groups is 2. The number of ether oxygens (including phenoxy) is 1. The van der Waals surface area contributed by atoms with E-state index in [4.69, 9.17) is 4.74 Å². The summed E-state index contributed by atoms with van der Waals surface area (Å²) < 4.78 is 46.1. The SMILES string of the molecule is O=C(C[C@@H]1Sc2ccc(C(F)(F)F)cc2NC1=O)Nc1cccc(OCCn2cccn2)c1. The van der Waals surface area contributed by atoms with Crippen molar-refractivity contribution in [2.24, 2.45) is 0 Å². The molecule has 0 spiro atoms. The highest BCUT2D eigenvalue weighted by molar-refractivity contribution is 8.01. The molecule has 2 amide bonds. The Kier molecular flexibility index (Phi) is 6.59. The molecule has 1 aliphatic rings. The van der Waals surface area contributed by atoms with E-state index in [9.17, 15) is 22.8 Å².